The van der Waals surface area contributed by atoms with Crippen molar-refractivity contribution in [2.75, 3.05) is 13.2 Å². The van der Waals surface area contributed by atoms with Crippen molar-refractivity contribution in [3.63, 3.8) is 0 Å². The summed E-state index contributed by atoms with van der Waals surface area (Å²) in [6, 6.07) is 1.36. The molecule has 98 valence electrons. The molecule has 0 bridgehead atoms. The maximum absolute atomic E-state index is 13.9. The van der Waals surface area contributed by atoms with Crippen LogP contribution in [-0.2, 0) is 11.2 Å². The van der Waals surface area contributed by atoms with Crippen LogP contribution in [0.5, 0.6) is 11.5 Å². The van der Waals surface area contributed by atoms with E-state index in [4.69, 9.17) is 26.2 Å². The van der Waals surface area contributed by atoms with Gasteiger partial charge in [-0.3, -0.25) is 4.79 Å². The van der Waals surface area contributed by atoms with E-state index in [-0.39, 0.29) is 29.2 Å². The zero-order valence-corrected chi connectivity index (χ0v) is 10.3. The fourth-order valence-electron chi connectivity index (χ4n) is 1.77. The molecule has 1 N–H and O–H groups in total. The van der Waals surface area contributed by atoms with E-state index in [9.17, 15) is 9.18 Å². The second-order valence-electron chi connectivity index (χ2n) is 3.92. The monoisotopic (exact) mass is 274 g/mol. The second kappa shape index (κ2) is 5.44. The summed E-state index contributed by atoms with van der Waals surface area (Å²) in [5.74, 6) is -0.991. The molecule has 0 atom stereocenters. The second-order valence-corrected chi connectivity index (χ2v) is 4.33. The van der Waals surface area contributed by atoms with Gasteiger partial charge >= 0.3 is 5.97 Å². The number of carboxylic acids is 1. The van der Waals surface area contributed by atoms with Crippen molar-refractivity contribution in [2.24, 2.45) is 0 Å². The molecular formula is C12H12ClFO4. The molecule has 18 heavy (non-hydrogen) atoms. The first-order chi connectivity index (χ1) is 8.59. The van der Waals surface area contributed by atoms with Crippen molar-refractivity contribution < 1.29 is 23.8 Å². The lowest BCUT2D eigenvalue weighted by Crippen LogP contribution is -2.04. The minimum Gasteiger partial charge on any atom is -0.489 e. The Kier molecular flexibility index (Phi) is 3.91. The van der Waals surface area contributed by atoms with Crippen LogP contribution < -0.4 is 9.47 Å². The third kappa shape index (κ3) is 2.67. The Bertz CT molecular complexity index is 476. The van der Waals surface area contributed by atoms with Crippen LogP contribution >= 0.6 is 11.6 Å². The van der Waals surface area contributed by atoms with E-state index < -0.39 is 11.8 Å². The topological polar surface area (TPSA) is 55.8 Å². The van der Waals surface area contributed by atoms with Crippen LogP contribution in [0.15, 0.2) is 6.07 Å². The zero-order chi connectivity index (χ0) is 13.1. The number of rotatable bonds is 3. The van der Waals surface area contributed by atoms with Gasteiger partial charge in [-0.1, -0.05) is 11.6 Å². The summed E-state index contributed by atoms with van der Waals surface area (Å²) in [5.41, 5.74) is 0.168. The largest absolute Gasteiger partial charge is 0.489 e. The average molecular weight is 275 g/mol. The number of benzene rings is 1. The lowest BCUT2D eigenvalue weighted by atomic mass is 10.1. The Morgan fingerprint density at radius 1 is 1.44 bits per heavy atom. The van der Waals surface area contributed by atoms with Crippen molar-refractivity contribution >= 4 is 17.6 Å². The molecule has 0 aromatic heterocycles. The van der Waals surface area contributed by atoms with E-state index >= 15 is 0 Å². The highest BCUT2D eigenvalue weighted by atomic mass is 35.5. The van der Waals surface area contributed by atoms with Gasteiger partial charge in [0.2, 0.25) is 0 Å². The highest BCUT2D eigenvalue weighted by Gasteiger charge is 2.22. The molecule has 2 rings (SSSR count). The molecule has 1 aliphatic heterocycles. The van der Waals surface area contributed by atoms with E-state index in [1.54, 1.807) is 0 Å². The summed E-state index contributed by atoms with van der Waals surface area (Å²) in [4.78, 5) is 10.6. The number of halogens is 2. The molecule has 4 nitrogen and oxygen atoms in total. The molecule has 0 amide bonds. The van der Waals surface area contributed by atoms with E-state index in [1.165, 1.54) is 6.07 Å². The Morgan fingerprint density at radius 3 is 2.89 bits per heavy atom. The maximum atomic E-state index is 13.9. The number of hydrogen-bond donors (Lipinski definition) is 1. The van der Waals surface area contributed by atoms with Gasteiger partial charge < -0.3 is 14.6 Å². The Labute approximate surface area is 108 Å². The van der Waals surface area contributed by atoms with Crippen molar-refractivity contribution in [3.05, 3.63) is 22.5 Å². The maximum Gasteiger partial charge on any atom is 0.303 e. The van der Waals surface area contributed by atoms with Gasteiger partial charge in [0.25, 0.3) is 0 Å². The number of ether oxygens (including phenoxy) is 2. The third-order valence-corrected chi connectivity index (χ3v) is 2.89. The Morgan fingerprint density at radius 2 is 2.17 bits per heavy atom. The number of hydrogen-bond acceptors (Lipinski definition) is 3. The van der Waals surface area contributed by atoms with Crippen molar-refractivity contribution in [2.45, 2.75) is 19.3 Å². The van der Waals surface area contributed by atoms with Crippen molar-refractivity contribution in [1.29, 1.82) is 0 Å². The highest BCUT2D eigenvalue weighted by Crippen LogP contribution is 2.39. The lowest BCUT2D eigenvalue weighted by molar-refractivity contribution is -0.136. The minimum absolute atomic E-state index is 0.0212. The molecule has 1 aromatic rings. The van der Waals surface area contributed by atoms with Crippen LogP contribution in [0, 0.1) is 5.82 Å². The fraction of sp³-hybridized carbons (Fsp3) is 0.417. The molecule has 1 heterocycles. The molecule has 0 aliphatic carbocycles. The van der Waals surface area contributed by atoms with Gasteiger partial charge in [-0.05, 0) is 6.42 Å². The van der Waals surface area contributed by atoms with Crippen LogP contribution in [0.2, 0.25) is 5.02 Å². The summed E-state index contributed by atoms with van der Waals surface area (Å²) in [6.07, 6.45) is 0.521. The van der Waals surface area contributed by atoms with Gasteiger partial charge in [0, 0.05) is 24.5 Å². The predicted molar refractivity (Wildman–Crippen MR) is 63.0 cm³/mol. The number of fused-ring (bicyclic) bond motifs is 1. The van der Waals surface area contributed by atoms with Crippen LogP contribution in [0.3, 0.4) is 0 Å². The number of carbonyl (C=O) groups is 1. The molecule has 1 aliphatic rings. The number of aliphatic carboxylic acids is 1. The summed E-state index contributed by atoms with van der Waals surface area (Å²) in [5, 5.41) is 8.58. The van der Waals surface area contributed by atoms with Gasteiger partial charge in [0.05, 0.1) is 18.2 Å². The number of carboxylic acid groups (broad SMARTS) is 1. The first-order valence-corrected chi connectivity index (χ1v) is 5.95. The standard InChI is InChI=1S/C12H12ClFO4/c13-8-6-9-12(18-5-1-4-17-9)7(11(8)14)2-3-10(15)16/h6H,1-5H2,(H,15,16). The quantitative estimate of drug-likeness (QED) is 0.921. The van der Waals surface area contributed by atoms with Crippen LogP contribution in [0.1, 0.15) is 18.4 Å². The summed E-state index contributed by atoms with van der Waals surface area (Å²) in [7, 11) is 0. The summed E-state index contributed by atoms with van der Waals surface area (Å²) >= 11 is 5.76. The van der Waals surface area contributed by atoms with E-state index in [0.29, 0.717) is 25.4 Å². The van der Waals surface area contributed by atoms with Gasteiger partial charge in [0.15, 0.2) is 11.5 Å². The molecule has 1 aromatic carbocycles. The molecule has 0 saturated heterocycles. The van der Waals surface area contributed by atoms with Gasteiger partial charge in [-0.15, -0.1) is 0 Å². The first kappa shape index (κ1) is 13.0. The molecule has 0 spiro atoms. The van der Waals surface area contributed by atoms with Crippen LogP contribution in [0.25, 0.3) is 0 Å². The van der Waals surface area contributed by atoms with Crippen LogP contribution in [0.4, 0.5) is 4.39 Å². The molecule has 0 fully saturated rings. The van der Waals surface area contributed by atoms with Crippen molar-refractivity contribution in [3.8, 4) is 11.5 Å². The van der Waals surface area contributed by atoms with E-state index in [2.05, 4.69) is 0 Å². The Balaban J connectivity index is 2.40. The third-order valence-electron chi connectivity index (χ3n) is 2.61. The molecule has 0 radical (unpaired) electrons. The highest BCUT2D eigenvalue weighted by molar-refractivity contribution is 6.31. The summed E-state index contributed by atoms with van der Waals surface area (Å²) in [6.45, 7) is 0.876. The van der Waals surface area contributed by atoms with Gasteiger partial charge in [-0.25, -0.2) is 4.39 Å². The predicted octanol–water partition coefficient (Wildman–Crippen LogP) is 2.66. The molecule has 0 saturated carbocycles. The van der Waals surface area contributed by atoms with Crippen LogP contribution in [-0.4, -0.2) is 24.3 Å². The minimum atomic E-state index is -1.00. The molecule has 6 heteroatoms. The SMILES string of the molecule is O=C(O)CCc1c(F)c(Cl)cc2c1OCCCO2. The molecular weight excluding hydrogens is 263 g/mol. The summed E-state index contributed by atoms with van der Waals surface area (Å²) < 4.78 is 24.8. The molecule has 0 unspecified atom stereocenters. The lowest BCUT2D eigenvalue weighted by Gasteiger charge is -2.14. The smallest absolute Gasteiger partial charge is 0.303 e. The average Bonchev–Trinajstić information content (AvgIpc) is 2.54. The first-order valence-electron chi connectivity index (χ1n) is 5.58. The fourth-order valence-corrected chi connectivity index (χ4v) is 1.99. The Hall–Kier alpha value is -1.49. The zero-order valence-electron chi connectivity index (χ0n) is 9.54. The van der Waals surface area contributed by atoms with Gasteiger partial charge in [0.1, 0.15) is 5.82 Å². The normalized spacial score (nSPS) is 14.1. The van der Waals surface area contributed by atoms with E-state index in [0.717, 1.165) is 0 Å². The van der Waals surface area contributed by atoms with Crippen molar-refractivity contribution in [1.82, 2.24) is 0 Å². The van der Waals surface area contributed by atoms with E-state index in [1.807, 2.05) is 0 Å². The van der Waals surface area contributed by atoms with Gasteiger partial charge in [-0.2, -0.15) is 0 Å².